The van der Waals surface area contributed by atoms with Crippen LogP contribution in [0.25, 0.3) is 0 Å². The lowest BCUT2D eigenvalue weighted by molar-refractivity contribution is 0.459. The zero-order chi connectivity index (χ0) is 14.6. The molecule has 0 N–H and O–H groups in total. The number of sulfone groups is 1. The summed E-state index contributed by atoms with van der Waals surface area (Å²) in [4.78, 5) is 0.0810. The molecule has 0 spiro atoms. The SMILES string of the molecule is N#CC(C1CCCCCC1)S(=O)(=O)c1ccccc1Cl. The Balaban J connectivity index is 2.35. The highest BCUT2D eigenvalue weighted by molar-refractivity contribution is 7.92. The summed E-state index contributed by atoms with van der Waals surface area (Å²) in [5, 5.41) is 8.60. The lowest BCUT2D eigenvalue weighted by Crippen LogP contribution is -2.28. The minimum absolute atomic E-state index is 0.0798. The zero-order valence-electron chi connectivity index (χ0n) is 11.3. The van der Waals surface area contributed by atoms with Gasteiger partial charge in [-0.3, -0.25) is 0 Å². The van der Waals surface area contributed by atoms with E-state index >= 15 is 0 Å². The van der Waals surface area contributed by atoms with Crippen LogP contribution in [0.2, 0.25) is 5.02 Å². The molecule has 1 atom stereocenters. The van der Waals surface area contributed by atoms with Gasteiger partial charge in [-0.15, -0.1) is 0 Å². The molecule has 20 heavy (non-hydrogen) atoms. The third-order valence-corrected chi connectivity index (χ3v) is 6.50. The number of halogens is 1. The molecule has 1 aliphatic rings. The largest absolute Gasteiger partial charge is 0.222 e. The fourth-order valence-electron chi connectivity index (χ4n) is 2.85. The van der Waals surface area contributed by atoms with Gasteiger partial charge in [0.15, 0.2) is 15.1 Å². The normalized spacial score (nSPS) is 19.0. The summed E-state index contributed by atoms with van der Waals surface area (Å²) in [6.07, 6.45) is 5.87. The molecule has 1 aromatic rings. The molecule has 0 bridgehead atoms. The lowest BCUT2D eigenvalue weighted by Gasteiger charge is -2.20. The maximum atomic E-state index is 12.7. The highest BCUT2D eigenvalue weighted by Crippen LogP contribution is 2.33. The first-order valence-corrected chi connectivity index (χ1v) is 8.88. The fourth-order valence-corrected chi connectivity index (χ4v) is 5.11. The molecule has 2 rings (SSSR count). The van der Waals surface area contributed by atoms with Gasteiger partial charge in [-0.25, -0.2) is 8.42 Å². The minimum atomic E-state index is -3.69. The third-order valence-electron chi connectivity index (χ3n) is 3.93. The summed E-state index contributed by atoms with van der Waals surface area (Å²) >= 11 is 5.99. The maximum absolute atomic E-state index is 12.7. The fraction of sp³-hybridized carbons (Fsp3) is 0.533. The summed E-state index contributed by atoms with van der Waals surface area (Å²) in [6.45, 7) is 0. The van der Waals surface area contributed by atoms with Gasteiger partial charge in [0.05, 0.1) is 16.0 Å². The first kappa shape index (κ1) is 15.3. The van der Waals surface area contributed by atoms with E-state index in [1.807, 2.05) is 6.07 Å². The molecule has 0 heterocycles. The molecule has 1 unspecified atom stereocenters. The van der Waals surface area contributed by atoms with E-state index in [1.54, 1.807) is 18.2 Å². The number of hydrogen-bond donors (Lipinski definition) is 0. The van der Waals surface area contributed by atoms with Crippen molar-refractivity contribution < 1.29 is 8.42 Å². The molecule has 0 aliphatic heterocycles. The van der Waals surface area contributed by atoms with Crippen LogP contribution in [0.5, 0.6) is 0 Å². The predicted octanol–water partition coefficient (Wildman–Crippen LogP) is 3.98. The Labute approximate surface area is 125 Å². The molecular weight excluding hydrogens is 294 g/mol. The van der Waals surface area contributed by atoms with E-state index in [4.69, 9.17) is 11.6 Å². The molecule has 1 aromatic carbocycles. The molecule has 0 radical (unpaired) electrons. The van der Waals surface area contributed by atoms with Crippen LogP contribution in [-0.2, 0) is 9.84 Å². The number of nitriles is 1. The van der Waals surface area contributed by atoms with Crippen molar-refractivity contribution in [3.8, 4) is 6.07 Å². The van der Waals surface area contributed by atoms with E-state index in [9.17, 15) is 13.7 Å². The second-order valence-corrected chi connectivity index (χ2v) is 7.72. The number of hydrogen-bond acceptors (Lipinski definition) is 3. The van der Waals surface area contributed by atoms with Crippen LogP contribution >= 0.6 is 11.6 Å². The Hall–Kier alpha value is -1.05. The van der Waals surface area contributed by atoms with Gasteiger partial charge in [-0.1, -0.05) is 49.4 Å². The first-order valence-electron chi connectivity index (χ1n) is 6.95. The van der Waals surface area contributed by atoms with Crippen molar-refractivity contribution in [3.05, 3.63) is 29.3 Å². The van der Waals surface area contributed by atoms with E-state index < -0.39 is 15.1 Å². The van der Waals surface area contributed by atoms with Crippen LogP contribution in [0.15, 0.2) is 29.2 Å². The van der Waals surface area contributed by atoms with Gasteiger partial charge in [-0.05, 0) is 30.9 Å². The Morgan fingerprint density at radius 3 is 2.30 bits per heavy atom. The van der Waals surface area contributed by atoms with Crippen molar-refractivity contribution in [2.75, 3.05) is 0 Å². The quantitative estimate of drug-likeness (QED) is 0.793. The molecule has 1 aliphatic carbocycles. The van der Waals surface area contributed by atoms with E-state index in [-0.39, 0.29) is 15.8 Å². The van der Waals surface area contributed by atoms with Gasteiger partial charge in [0, 0.05) is 0 Å². The summed E-state index contributed by atoms with van der Waals surface area (Å²) in [5.74, 6) is -0.0798. The summed E-state index contributed by atoms with van der Waals surface area (Å²) in [5.41, 5.74) is 0. The predicted molar refractivity (Wildman–Crippen MR) is 79.2 cm³/mol. The summed E-state index contributed by atoms with van der Waals surface area (Å²) < 4.78 is 25.4. The topological polar surface area (TPSA) is 57.9 Å². The van der Waals surface area contributed by atoms with Crippen LogP contribution in [0.3, 0.4) is 0 Å². The van der Waals surface area contributed by atoms with Gasteiger partial charge in [0.2, 0.25) is 0 Å². The average molecular weight is 312 g/mol. The molecule has 3 nitrogen and oxygen atoms in total. The number of nitrogens with zero attached hydrogens (tertiary/aromatic N) is 1. The smallest absolute Gasteiger partial charge is 0.196 e. The van der Waals surface area contributed by atoms with Gasteiger partial charge in [0.1, 0.15) is 0 Å². The Morgan fingerprint density at radius 1 is 1.15 bits per heavy atom. The zero-order valence-corrected chi connectivity index (χ0v) is 12.8. The average Bonchev–Trinajstić information content (AvgIpc) is 2.68. The van der Waals surface area contributed by atoms with Crippen molar-refractivity contribution in [1.29, 1.82) is 5.26 Å². The van der Waals surface area contributed by atoms with Gasteiger partial charge in [0.25, 0.3) is 0 Å². The minimum Gasteiger partial charge on any atom is -0.222 e. The molecule has 108 valence electrons. The Kier molecular flexibility index (Phi) is 5.06. The summed E-state index contributed by atoms with van der Waals surface area (Å²) in [7, 11) is -3.69. The molecule has 1 saturated carbocycles. The van der Waals surface area contributed by atoms with Gasteiger partial charge < -0.3 is 0 Å². The number of rotatable bonds is 3. The Morgan fingerprint density at radius 2 is 1.75 bits per heavy atom. The lowest BCUT2D eigenvalue weighted by atomic mass is 9.97. The Bertz CT molecular complexity index is 599. The van der Waals surface area contributed by atoms with Crippen LogP contribution in [0.1, 0.15) is 38.5 Å². The molecule has 5 heteroatoms. The van der Waals surface area contributed by atoms with Crippen molar-refractivity contribution in [2.24, 2.45) is 5.92 Å². The van der Waals surface area contributed by atoms with Crippen molar-refractivity contribution in [2.45, 2.75) is 48.7 Å². The molecule has 0 aromatic heterocycles. The molecule has 0 amide bonds. The van der Waals surface area contributed by atoms with Crippen LogP contribution < -0.4 is 0 Å². The van der Waals surface area contributed by atoms with E-state index in [0.29, 0.717) is 0 Å². The second kappa shape index (κ2) is 6.60. The maximum Gasteiger partial charge on any atom is 0.196 e. The van der Waals surface area contributed by atoms with Crippen LogP contribution in [-0.4, -0.2) is 13.7 Å². The van der Waals surface area contributed by atoms with E-state index in [0.717, 1.165) is 38.5 Å². The van der Waals surface area contributed by atoms with Crippen LogP contribution in [0, 0.1) is 17.2 Å². The highest BCUT2D eigenvalue weighted by atomic mass is 35.5. The third kappa shape index (κ3) is 3.16. The first-order chi connectivity index (χ1) is 9.57. The highest BCUT2D eigenvalue weighted by Gasteiger charge is 2.36. The standard InChI is InChI=1S/C15H18ClNO2S/c16-13-9-5-6-10-14(13)20(18,19)15(11-17)12-7-3-1-2-4-8-12/h5-6,9-10,12,15H,1-4,7-8H2. The molecule has 0 saturated heterocycles. The van der Waals surface area contributed by atoms with Crippen LogP contribution in [0.4, 0.5) is 0 Å². The number of benzene rings is 1. The second-order valence-electron chi connectivity index (χ2n) is 5.28. The van der Waals surface area contributed by atoms with E-state index in [1.165, 1.54) is 6.07 Å². The van der Waals surface area contributed by atoms with Crippen molar-refractivity contribution in [1.82, 2.24) is 0 Å². The summed E-state index contributed by atoms with van der Waals surface area (Å²) in [6, 6.07) is 8.38. The molecular formula is C15H18ClNO2S. The molecule has 1 fully saturated rings. The monoisotopic (exact) mass is 311 g/mol. The van der Waals surface area contributed by atoms with Gasteiger partial charge in [-0.2, -0.15) is 5.26 Å². The van der Waals surface area contributed by atoms with Crippen molar-refractivity contribution in [3.63, 3.8) is 0 Å². The van der Waals surface area contributed by atoms with E-state index in [2.05, 4.69) is 0 Å². The van der Waals surface area contributed by atoms with Gasteiger partial charge >= 0.3 is 0 Å². The van der Waals surface area contributed by atoms with Crippen molar-refractivity contribution >= 4 is 21.4 Å².